The predicted molar refractivity (Wildman–Crippen MR) is 112 cm³/mol. The molecule has 1 unspecified atom stereocenters. The topological polar surface area (TPSA) is 35.6 Å². The van der Waals surface area contributed by atoms with Crippen molar-refractivity contribution in [1.82, 2.24) is 15.1 Å². The number of hydrogen-bond acceptors (Lipinski definition) is 3. The van der Waals surface area contributed by atoms with Gasteiger partial charge < -0.3 is 10.2 Å². The summed E-state index contributed by atoms with van der Waals surface area (Å²) in [5.41, 5.74) is 2.85. The molecule has 1 heterocycles. The highest BCUT2D eigenvalue weighted by Gasteiger charge is 2.25. The fourth-order valence-electron chi connectivity index (χ4n) is 3.34. The zero-order chi connectivity index (χ0) is 19.4. The molecule has 0 aliphatic carbocycles. The number of likely N-dealkylation sites (N-methyl/N-ethyl adjacent to an activating group) is 1. The third-order valence-corrected chi connectivity index (χ3v) is 5.63. The Morgan fingerprint density at radius 1 is 1.07 bits per heavy atom. The monoisotopic (exact) mass is 405 g/mol. The summed E-state index contributed by atoms with van der Waals surface area (Å²) in [6, 6.07) is 13.6. The fraction of sp³-hybridized carbons (Fsp3) is 0.381. The van der Waals surface area contributed by atoms with Crippen molar-refractivity contribution in [2.24, 2.45) is 0 Å². The van der Waals surface area contributed by atoms with Crippen LogP contribution in [-0.4, -0.2) is 55.5 Å². The molecule has 2 aromatic carbocycles. The molecule has 1 N–H and O–H groups in total. The minimum absolute atomic E-state index is 0.126. The first-order valence-electron chi connectivity index (χ1n) is 9.16. The van der Waals surface area contributed by atoms with Gasteiger partial charge in [0.15, 0.2) is 0 Å². The van der Waals surface area contributed by atoms with Crippen LogP contribution in [0, 0.1) is 6.92 Å². The maximum absolute atomic E-state index is 12.7. The van der Waals surface area contributed by atoms with Crippen molar-refractivity contribution < 1.29 is 4.79 Å². The molecular weight excluding hydrogens is 381 g/mol. The number of nitrogens with one attached hydrogen (secondary N) is 1. The number of nitrogens with zero attached hydrogens (tertiary/aromatic N) is 2. The normalized spacial score (nSPS) is 16.9. The van der Waals surface area contributed by atoms with E-state index in [1.807, 2.05) is 0 Å². The Kier molecular flexibility index (Phi) is 6.77. The van der Waals surface area contributed by atoms with E-state index in [4.69, 9.17) is 23.2 Å². The minimum Gasteiger partial charge on any atom is -0.350 e. The molecule has 3 rings (SSSR count). The zero-order valence-corrected chi connectivity index (χ0v) is 17.2. The van der Waals surface area contributed by atoms with E-state index in [0.29, 0.717) is 22.2 Å². The molecule has 1 saturated heterocycles. The maximum Gasteiger partial charge on any atom is 0.252 e. The summed E-state index contributed by atoms with van der Waals surface area (Å²) in [7, 11) is 2.14. The van der Waals surface area contributed by atoms with E-state index in [2.05, 4.69) is 53.4 Å². The summed E-state index contributed by atoms with van der Waals surface area (Å²) < 4.78 is 0. The molecule has 0 radical (unpaired) electrons. The minimum atomic E-state index is -0.200. The fourth-order valence-corrected chi connectivity index (χ4v) is 3.71. The van der Waals surface area contributed by atoms with Crippen LogP contribution in [0.15, 0.2) is 42.5 Å². The first-order valence-corrected chi connectivity index (χ1v) is 9.92. The van der Waals surface area contributed by atoms with Crippen molar-refractivity contribution in [3.05, 3.63) is 69.2 Å². The van der Waals surface area contributed by atoms with Gasteiger partial charge in [-0.15, -0.1) is 0 Å². The van der Waals surface area contributed by atoms with Crippen molar-refractivity contribution in [3.8, 4) is 0 Å². The lowest BCUT2D eigenvalue weighted by atomic mass is 10.0. The van der Waals surface area contributed by atoms with Gasteiger partial charge >= 0.3 is 0 Å². The van der Waals surface area contributed by atoms with Crippen LogP contribution in [-0.2, 0) is 0 Å². The summed E-state index contributed by atoms with van der Waals surface area (Å²) in [6.45, 7) is 6.60. The van der Waals surface area contributed by atoms with Crippen LogP contribution >= 0.6 is 23.2 Å². The zero-order valence-electron chi connectivity index (χ0n) is 15.7. The molecule has 1 aliphatic heterocycles. The largest absolute Gasteiger partial charge is 0.350 e. The van der Waals surface area contributed by atoms with Gasteiger partial charge in [0.2, 0.25) is 0 Å². The predicted octanol–water partition coefficient (Wildman–Crippen LogP) is 4.02. The van der Waals surface area contributed by atoms with Crippen LogP contribution in [0.2, 0.25) is 10.0 Å². The summed E-state index contributed by atoms with van der Waals surface area (Å²) in [6.07, 6.45) is 0. The molecule has 0 saturated carbocycles. The number of rotatable bonds is 5. The van der Waals surface area contributed by atoms with Crippen molar-refractivity contribution in [3.63, 3.8) is 0 Å². The van der Waals surface area contributed by atoms with Crippen molar-refractivity contribution in [2.45, 2.75) is 13.0 Å². The number of piperazine rings is 1. The first-order chi connectivity index (χ1) is 12.9. The molecule has 1 aliphatic rings. The third-order valence-electron chi connectivity index (χ3n) is 5.07. The van der Waals surface area contributed by atoms with Crippen molar-refractivity contribution in [1.29, 1.82) is 0 Å². The highest BCUT2D eigenvalue weighted by Crippen LogP contribution is 2.24. The second kappa shape index (κ2) is 9.07. The number of benzene rings is 2. The molecule has 4 nitrogen and oxygen atoms in total. The van der Waals surface area contributed by atoms with E-state index in [9.17, 15) is 4.79 Å². The molecule has 2 aromatic rings. The highest BCUT2D eigenvalue weighted by molar-refractivity contribution is 6.35. The molecule has 144 valence electrons. The van der Waals surface area contributed by atoms with Crippen LogP contribution in [0.25, 0.3) is 0 Å². The van der Waals surface area contributed by atoms with Crippen LogP contribution in [0.4, 0.5) is 0 Å². The highest BCUT2D eigenvalue weighted by atomic mass is 35.5. The Balaban J connectivity index is 1.75. The molecule has 6 heteroatoms. The average Bonchev–Trinajstić information content (AvgIpc) is 2.66. The number of carbonyl (C=O) groups is 1. The van der Waals surface area contributed by atoms with E-state index in [-0.39, 0.29) is 11.9 Å². The van der Waals surface area contributed by atoms with Crippen LogP contribution in [0.5, 0.6) is 0 Å². The van der Waals surface area contributed by atoms with Gasteiger partial charge in [-0.2, -0.15) is 0 Å². The van der Waals surface area contributed by atoms with E-state index in [1.165, 1.54) is 11.1 Å². The van der Waals surface area contributed by atoms with Crippen molar-refractivity contribution in [2.75, 3.05) is 39.8 Å². The molecule has 27 heavy (non-hydrogen) atoms. The molecule has 1 amide bonds. The number of aryl methyl sites for hydroxylation is 1. The Hall–Kier alpha value is -1.59. The third kappa shape index (κ3) is 5.23. The Labute approximate surface area is 171 Å². The summed E-state index contributed by atoms with van der Waals surface area (Å²) in [4.78, 5) is 17.4. The van der Waals surface area contributed by atoms with Gasteiger partial charge in [-0.3, -0.25) is 9.69 Å². The Bertz CT molecular complexity index is 787. The van der Waals surface area contributed by atoms with Gasteiger partial charge in [0.1, 0.15) is 0 Å². The standard InChI is InChI=1S/C21H25Cl2N3O/c1-15-3-5-16(6-4-15)20(26-11-9-25(2)10-12-26)14-24-21(27)18-13-17(22)7-8-19(18)23/h3-8,13,20H,9-12,14H2,1-2H3,(H,24,27). The van der Waals surface area contributed by atoms with Gasteiger partial charge in [-0.25, -0.2) is 0 Å². The maximum atomic E-state index is 12.7. The second-order valence-electron chi connectivity index (χ2n) is 7.10. The van der Waals surface area contributed by atoms with E-state index in [0.717, 1.165) is 26.2 Å². The number of amides is 1. The number of carbonyl (C=O) groups excluding carboxylic acids is 1. The lowest BCUT2D eigenvalue weighted by molar-refractivity contribution is 0.0886. The van der Waals surface area contributed by atoms with Gasteiger partial charge in [0.05, 0.1) is 16.6 Å². The van der Waals surface area contributed by atoms with Gasteiger partial charge in [-0.1, -0.05) is 53.0 Å². The van der Waals surface area contributed by atoms with Gasteiger partial charge in [0, 0.05) is 37.7 Å². The van der Waals surface area contributed by atoms with Gasteiger partial charge in [-0.05, 0) is 37.7 Å². The Morgan fingerprint density at radius 3 is 2.41 bits per heavy atom. The smallest absolute Gasteiger partial charge is 0.252 e. The molecule has 0 bridgehead atoms. The molecule has 1 fully saturated rings. The summed E-state index contributed by atoms with van der Waals surface area (Å²) >= 11 is 12.2. The van der Waals surface area contributed by atoms with Crippen molar-refractivity contribution >= 4 is 29.1 Å². The molecule has 0 aromatic heterocycles. The molecule has 1 atom stereocenters. The lowest BCUT2D eigenvalue weighted by Gasteiger charge is -2.38. The Morgan fingerprint density at radius 2 is 1.74 bits per heavy atom. The quantitative estimate of drug-likeness (QED) is 0.815. The van der Waals surface area contributed by atoms with Gasteiger partial charge in [0.25, 0.3) is 5.91 Å². The van der Waals surface area contributed by atoms with E-state index < -0.39 is 0 Å². The summed E-state index contributed by atoms with van der Waals surface area (Å²) in [5.74, 6) is -0.200. The molecular formula is C21H25Cl2N3O. The first kappa shape index (κ1) is 20.2. The van der Waals surface area contributed by atoms with Crippen LogP contribution in [0.1, 0.15) is 27.5 Å². The van der Waals surface area contributed by atoms with Crippen LogP contribution < -0.4 is 5.32 Å². The van der Waals surface area contributed by atoms with Crippen LogP contribution in [0.3, 0.4) is 0 Å². The van der Waals surface area contributed by atoms with E-state index in [1.54, 1.807) is 18.2 Å². The average molecular weight is 406 g/mol. The number of hydrogen-bond donors (Lipinski definition) is 1. The number of halogens is 2. The lowest BCUT2D eigenvalue weighted by Crippen LogP contribution is -2.48. The SMILES string of the molecule is Cc1ccc(C(CNC(=O)c2cc(Cl)ccc2Cl)N2CCN(C)CC2)cc1. The second-order valence-corrected chi connectivity index (χ2v) is 7.94. The van der Waals surface area contributed by atoms with E-state index >= 15 is 0 Å². The molecule has 0 spiro atoms. The summed E-state index contributed by atoms with van der Waals surface area (Å²) in [5, 5.41) is 3.96.